The summed E-state index contributed by atoms with van der Waals surface area (Å²) in [6.45, 7) is 6.04. The van der Waals surface area contributed by atoms with E-state index in [4.69, 9.17) is 4.98 Å². The van der Waals surface area contributed by atoms with E-state index >= 15 is 0 Å². The van der Waals surface area contributed by atoms with Gasteiger partial charge in [0, 0.05) is 9.35 Å². The molecule has 0 saturated heterocycles. The number of hydrogen-bond acceptors (Lipinski definition) is 5. The Morgan fingerprint density at radius 3 is 2.74 bits per heavy atom. The summed E-state index contributed by atoms with van der Waals surface area (Å²) in [4.78, 5) is 32.9. The topological polar surface area (TPSA) is 64.0 Å². The summed E-state index contributed by atoms with van der Waals surface area (Å²) in [6, 6.07) is 12.1. The number of benzene rings is 2. The number of aryl methyl sites for hydroxylation is 3. The van der Waals surface area contributed by atoms with Crippen molar-refractivity contribution < 1.29 is 9.18 Å². The molecule has 0 bridgehead atoms. The van der Waals surface area contributed by atoms with E-state index in [0.717, 1.165) is 40.6 Å². The molecule has 0 radical (unpaired) electrons. The molecule has 2 heterocycles. The highest BCUT2D eigenvalue weighted by molar-refractivity contribution is 9.10. The fourth-order valence-electron chi connectivity index (χ4n) is 3.67. The molecule has 0 fully saturated rings. The van der Waals surface area contributed by atoms with Gasteiger partial charge in [-0.25, -0.2) is 9.37 Å². The van der Waals surface area contributed by atoms with Gasteiger partial charge in [-0.05, 0) is 61.7 Å². The van der Waals surface area contributed by atoms with Crippen molar-refractivity contribution in [1.29, 1.82) is 0 Å². The SMILES string of the molecule is CCCc1sc2nc(SCC(=O)Nc3ccc(Br)cc3F)n(-c3cccc(C)c3)c(=O)c2c1C. The first kappa shape index (κ1) is 24.6. The van der Waals surface area contributed by atoms with Gasteiger partial charge in [-0.15, -0.1) is 11.3 Å². The molecule has 0 atom stereocenters. The van der Waals surface area contributed by atoms with Crippen molar-refractivity contribution in [3.8, 4) is 5.69 Å². The van der Waals surface area contributed by atoms with Gasteiger partial charge in [0.15, 0.2) is 5.16 Å². The van der Waals surface area contributed by atoms with Crippen molar-refractivity contribution >= 4 is 60.8 Å². The molecule has 5 nitrogen and oxygen atoms in total. The van der Waals surface area contributed by atoms with Gasteiger partial charge in [0.05, 0.1) is 22.5 Å². The third kappa shape index (κ3) is 5.11. The third-order valence-electron chi connectivity index (χ3n) is 5.31. The van der Waals surface area contributed by atoms with Crippen LogP contribution in [0.1, 0.15) is 29.3 Å². The van der Waals surface area contributed by atoms with Crippen LogP contribution in [0.4, 0.5) is 10.1 Å². The van der Waals surface area contributed by atoms with Gasteiger partial charge >= 0.3 is 0 Å². The lowest BCUT2D eigenvalue weighted by molar-refractivity contribution is -0.113. The smallest absolute Gasteiger partial charge is 0.267 e. The van der Waals surface area contributed by atoms with E-state index in [1.54, 1.807) is 10.6 Å². The maximum atomic E-state index is 14.1. The molecular weight excluding hydrogens is 537 g/mol. The van der Waals surface area contributed by atoms with Gasteiger partial charge in [0.25, 0.3) is 5.56 Å². The Bertz CT molecular complexity index is 1450. The fourth-order valence-corrected chi connectivity index (χ4v) is 6.14. The Labute approximate surface area is 213 Å². The predicted molar refractivity (Wildman–Crippen MR) is 142 cm³/mol. The van der Waals surface area contributed by atoms with Gasteiger partial charge < -0.3 is 5.32 Å². The van der Waals surface area contributed by atoms with Crippen molar-refractivity contribution in [3.05, 3.63) is 79.1 Å². The van der Waals surface area contributed by atoms with E-state index in [0.29, 0.717) is 25.5 Å². The third-order valence-corrected chi connectivity index (χ3v) is 7.98. The molecule has 4 rings (SSSR count). The molecule has 34 heavy (non-hydrogen) atoms. The number of amides is 1. The number of thioether (sulfide) groups is 1. The summed E-state index contributed by atoms with van der Waals surface area (Å²) in [5.41, 5.74) is 2.64. The molecule has 0 unspecified atom stereocenters. The second-order valence-electron chi connectivity index (χ2n) is 7.92. The summed E-state index contributed by atoms with van der Waals surface area (Å²) in [6.07, 6.45) is 1.87. The first-order valence-electron chi connectivity index (χ1n) is 10.8. The average molecular weight is 561 g/mol. The zero-order chi connectivity index (χ0) is 24.4. The number of carbonyl (C=O) groups is 1. The molecule has 0 saturated carbocycles. The van der Waals surface area contributed by atoms with E-state index in [9.17, 15) is 14.0 Å². The first-order chi connectivity index (χ1) is 16.3. The Morgan fingerprint density at radius 1 is 1.24 bits per heavy atom. The minimum atomic E-state index is -0.526. The largest absolute Gasteiger partial charge is 0.323 e. The predicted octanol–water partition coefficient (Wildman–Crippen LogP) is 6.65. The molecule has 0 aliphatic rings. The van der Waals surface area contributed by atoms with Crippen LogP contribution in [0.5, 0.6) is 0 Å². The summed E-state index contributed by atoms with van der Waals surface area (Å²) in [5.74, 6) is -0.933. The summed E-state index contributed by atoms with van der Waals surface area (Å²) < 4.78 is 16.3. The molecule has 2 aromatic carbocycles. The number of aromatic nitrogens is 2. The summed E-state index contributed by atoms with van der Waals surface area (Å²) in [5, 5.41) is 3.64. The van der Waals surface area contributed by atoms with Crippen LogP contribution in [0.2, 0.25) is 0 Å². The number of fused-ring (bicyclic) bond motifs is 1. The number of halogens is 2. The Kier molecular flexibility index (Phi) is 7.54. The van der Waals surface area contributed by atoms with Crippen LogP contribution < -0.4 is 10.9 Å². The standard InChI is InChI=1S/C25H23BrFN3O2S2/c1-4-6-20-15(3)22-23(34-20)29-25(30(24(22)32)17-8-5-7-14(2)11-17)33-13-21(31)28-19-10-9-16(26)12-18(19)27/h5,7-12H,4,6,13H2,1-3H3,(H,28,31). The maximum absolute atomic E-state index is 14.1. The lowest BCUT2D eigenvalue weighted by Crippen LogP contribution is -2.23. The zero-order valence-corrected chi connectivity index (χ0v) is 22.2. The van der Waals surface area contributed by atoms with E-state index in [1.807, 2.05) is 38.1 Å². The highest BCUT2D eigenvalue weighted by Crippen LogP contribution is 2.31. The molecule has 9 heteroatoms. The Hall–Kier alpha value is -2.49. The second-order valence-corrected chi connectivity index (χ2v) is 10.9. The molecule has 0 aliphatic carbocycles. The van der Waals surface area contributed by atoms with Crippen molar-refractivity contribution in [2.75, 3.05) is 11.1 Å². The molecule has 4 aromatic rings. The van der Waals surface area contributed by atoms with Crippen LogP contribution in [0.15, 0.2) is 56.9 Å². The number of rotatable bonds is 7. The van der Waals surface area contributed by atoms with E-state index in [1.165, 1.54) is 23.5 Å². The average Bonchev–Trinajstić information content (AvgIpc) is 3.10. The van der Waals surface area contributed by atoms with Crippen LogP contribution in [-0.4, -0.2) is 21.2 Å². The fraction of sp³-hybridized carbons (Fsp3) is 0.240. The van der Waals surface area contributed by atoms with Crippen LogP contribution >= 0.6 is 39.0 Å². The normalized spacial score (nSPS) is 11.2. The van der Waals surface area contributed by atoms with E-state index in [2.05, 4.69) is 28.2 Å². The van der Waals surface area contributed by atoms with E-state index in [-0.39, 0.29) is 22.9 Å². The monoisotopic (exact) mass is 559 g/mol. The number of hydrogen-bond donors (Lipinski definition) is 1. The zero-order valence-electron chi connectivity index (χ0n) is 18.9. The number of nitrogens with one attached hydrogen (secondary N) is 1. The van der Waals surface area contributed by atoms with Crippen LogP contribution in [0.25, 0.3) is 15.9 Å². The minimum absolute atomic E-state index is 0.0224. The lowest BCUT2D eigenvalue weighted by Gasteiger charge is -2.13. The minimum Gasteiger partial charge on any atom is -0.323 e. The lowest BCUT2D eigenvalue weighted by atomic mass is 10.1. The van der Waals surface area contributed by atoms with Crippen LogP contribution in [0, 0.1) is 19.7 Å². The Balaban J connectivity index is 1.72. The second kappa shape index (κ2) is 10.4. The van der Waals surface area contributed by atoms with Crippen LogP contribution in [0.3, 0.4) is 0 Å². The van der Waals surface area contributed by atoms with Crippen molar-refractivity contribution in [2.45, 2.75) is 38.8 Å². The van der Waals surface area contributed by atoms with E-state index < -0.39 is 5.82 Å². The quantitative estimate of drug-likeness (QED) is 0.203. The number of carbonyl (C=O) groups excluding carboxylic acids is 1. The molecule has 176 valence electrons. The highest BCUT2D eigenvalue weighted by Gasteiger charge is 2.20. The van der Waals surface area contributed by atoms with Gasteiger partial charge in [-0.1, -0.05) is 53.2 Å². The maximum Gasteiger partial charge on any atom is 0.267 e. The van der Waals surface area contributed by atoms with Crippen LogP contribution in [-0.2, 0) is 11.2 Å². The molecule has 0 aliphatic heterocycles. The highest BCUT2D eigenvalue weighted by atomic mass is 79.9. The van der Waals surface area contributed by atoms with Gasteiger partial charge in [-0.2, -0.15) is 0 Å². The molecule has 1 N–H and O–H groups in total. The van der Waals surface area contributed by atoms with Crippen molar-refractivity contribution in [1.82, 2.24) is 9.55 Å². The van der Waals surface area contributed by atoms with Crippen molar-refractivity contribution in [3.63, 3.8) is 0 Å². The molecule has 2 aromatic heterocycles. The number of anilines is 1. The first-order valence-corrected chi connectivity index (χ1v) is 13.4. The molecule has 0 spiro atoms. The summed E-state index contributed by atoms with van der Waals surface area (Å²) in [7, 11) is 0. The van der Waals surface area contributed by atoms with Gasteiger partial charge in [-0.3, -0.25) is 14.2 Å². The van der Waals surface area contributed by atoms with Gasteiger partial charge in [0.1, 0.15) is 10.6 Å². The number of nitrogens with zero attached hydrogens (tertiary/aromatic N) is 2. The molecule has 1 amide bonds. The number of thiophene rings is 1. The summed E-state index contributed by atoms with van der Waals surface area (Å²) >= 11 is 5.89. The Morgan fingerprint density at radius 2 is 2.03 bits per heavy atom. The molecular formula is C25H23BrFN3O2S2. The van der Waals surface area contributed by atoms with Gasteiger partial charge in [0.2, 0.25) is 5.91 Å². The van der Waals surface area contributed by atoms with Crippen molar-refractivity contribution in [2.24, 2.45) is 0 Å².